The Hall–Kier alpha value is -5.91. The van der Waals surface area contributed by atoms with Gasteiger partial charge in [-0.15, -0.1) is 21.5 Å². The third-order valence-electron chi connectivity index (χ3n) is 14.7. The number of nitriles is 1. The van der Waals surface area contributed by atoms with E-state index in [1.807, 2.05) is 6.92 Å². The van der Waals surface area contributed by atoms with Crippen LogP contribution in [0.1, 0.15) is 120 Å². The molecule has 10 rings (SSSR count). The molecule has 0 radical (unpaired) electrons. The van der Waals surface area contributed by atoms with Gasteiger partial charge in [-0.2, -0.15) is 5.26 Å². The minimum absolute atomic E-state index is 0.158. The molecule has 2 aliphatic carbocycles. The van der Waals surface area contributed by atoms with Gasteiger partial charge < -0.3 is 19.4 Å². The zero-order valence-corrected chi connectivity index (χ0v) is 39.4. The maximum Gasteiger partial charge on any atom is 0.254 e. The number of aryl methyl sites for hydroxylation is 2. The van der Waals surface area contributed by atoms with E-state index in [0.717, 1.165) is 65.8 Å². The number of anilines is 1. The van der Waals surface area contributed by atoms with Crippen LogP contribution in [0.4, 0.5) is 5.95 Å². The summed E-state index contributed by atoms with van der Waals surface area (Å²) < 4.78 is 14.2. The summed E-state index contributed by atoms with van der Waals surface area (Å²) in [6.07, 6.45) is 12.6. The molecule has 65 heavy (non-hydrogen) atoms. The van der Waals surface area contributed by atoms with E-state index < -0.39 is 0 Å². The third-order valence-corrected chi connectivity index (χ3v) is 16.2. The van der Waals surface area contributed by atoms with Crippen molar-refractivity contribution in [3.05, 3.63) is 128 Å². The Bertz CT molecular complexity index is 2830. The minimum Gasteiger partial charge on any atom is -0.489 e. The highest BCUT2D eigenvalue weighted by Crippen LogP contribution is 2.56. The molecule has 3 fully saturated rings. The fourth-order valence-corrected chi connectivity index (χ4v) is 12.9. The Morgan fingerprint density at radius 2 is 1.71 bits per heavy atom. The number of carbonyl (C=O) groups excluding carboxylic acids is 1. The lowest BCUT2D eigenvalue weighted by molar-refractivity contribution is -0.164. The standard InChI is InChI=1S/C50H53ClN10O3S/c1-28-29(2)65-44-40(28)41(56-38(22-39-53-16-19-63-39)42-59-58-30(3)61(42)44)33-10-8-31(9-11-33)20-32-23-50(24-32)14-17-60(18-15-50)47-54-26-35(27-55-47)43(62)57-45-48(4,5)46(49(45,6)7)64-36-13-12-34(25-52)37(51)21-36/h8-13,16,19,21,26-27,32,38,45-46H,14-15,17-18,20,22-24H2,1-7H3,(H,57,62)/t38-,45?,46?/m0/s1. The first kappa shape index (κ1) is 43.0. The number of hydrogen-bond acceptors (Lipinski definition) is 12. The monoisotopic (exact) mass is 908 g/mol. The largest absolute Gasteiger partial charge is 0.489 e. The number of oxazole rings is 1. The van der Waals surface area contributed by atoms with Crippen LogP contribution in [-0.2, 0) is 12.8 Å². The van der Waals surface area contributed by atoms with Gasteiger partial charge >= 0.3 is 0 Å². The molecule has 1 atom stereocenters. The normalized spacial score (nSPS) is 21.6. The van der Waals surface area contributed by atoms with Crippen molar-refractivity contribution in [3.8, 4) is 16.8 Å². The number of piperidine rings is 1. The Balaban J connectivity index is 0.738. The maximum atomic E-state index is 13.5. The average Bonchev–Trinajstić information content (AvgIpc) is 3.99. The summed E-state index contributed by atoms with van der Waals surface area (Å²) in [4.78, 5) is 36.2. The van der Waals surface area contributed by atoms with Crippen LogP contribution in [0, 0.1) is 54.3 Å². The SMILES string of the molecule is Cc1sc2c(c1C)C(c1ccc(CC3CC4(CCN(c5ncc(C(=O)NC6C(C)(C)C(Oc7ccc(C#N)c(Cl)c7)C6(C)C)cn5)CC4)C3)cc1)=N[C@@H](Cc1ncco1)c1nnc(C)n1-2. The van der Waals surface area contributed by atoms with Gasteiger partial charge in [-0.1, -0.05) is 63.6 Å². The molecule has 15 heteroatoms. The molecule has 334 valence electrons. The first-order valence-electron chi connectivity index (χ1n) is 22.5. The summed E-state index contributed by atoms with van der Waals surface area (Å²) in [5, 5.41) is 23.0. The zero-order chi connectivity index (χ0) is 45.4. The molecule has 13 nitrogen and oxygen atoms in total. The first-order valence-corrected chi connectivity index (χ1v) is 23.7. The van der Waals surface area contributed by atoms with Gasteiger partial charge in [-0.3, -0.25) is 14.4 Å². The number of fused-ring (bicyclic) bond motifs is 3. The summed E-state index contributed by atoms with van der Waals surface area (Å²) in [5.41, 5.74) is 6.25. The second kappa shape index (κ2) is 16.2. The Morgan fingerprint density at radius 3 is 2.37 bits per heavy atom. The minimum atomic E-state index is -0.373. The van der Waals surface area contributed by atoms with Crippen LogP contribution in [0.25, 0.3) is 5.00 Å². The van der Waals surface area contributed by atoms with Crippen molar-refractivity contribution < 1.29 is 13.9 Å². The van der Waals surface area contributed by atoms with E-state index in [1.165, 1.54) is 28.8 Å². The maximum absolute atomic E-state index is 13.5. The van der Waals surface area contributed by atoms with Crippen molar-refractivity contribution in [2.75, 3.05) is 18.0 Å². The van der Waals surface area contributed by atoms with Gasteiger partial charge in [0.15, 0.2) is 11.7 Å². The van der Waals surface area contributed by atoms with Crippen molar-refractivity contribution in [2.45, 2.75) is 105 Å². The number of amides is 1. The van der Waals surface area contributed by atoms with Crippen molar-refractivity contribution >= 4 is 40.5 Å². The second-order valence-corrected chi connectivity index (χ2v) is 21.4. The predicted molar refractivity (Wildman–Crippen MR) is 250 cm³/mol. The van der Waals surface area contributed by atoms with Gasteiger partial charge in [0.05, 0.1) is 34.5 Å². The van der Waals surface area contributed by atoms with E-state index in [-0.39, 0.29) is 34.9 Å². The summed E-state index contributed by atoms with van der Waals surface area (Å²) >= 11 is 8.04. The number of halogens is 1. The second-order valence-electron chi connectivity index (χ2n) is 19.8. The lowest BCUT2D eigenvalue weighted by atomic mass is 9.49. The van der Waals surface area contributed by atoms with E-state index in [9.17, 15) is 10.1 Å². The van der Waals surface area contributed by atoms with Gasteiger partial charge in [0.25, 0.3) is 5.91 Å². The lowest BCUT2D eigenvalue weighted by Gasteiger charge is -2.63. The highest BCUT2D eigenvalue weighted by Gasteiger charge is 2.64. The van der Waals surface area contributed by atoms with E-state index in [2.05, 4.69) is 112 Å². The molecule has 1 N–H and O–H groups in total. The van der Waals surface area contributed by atoms with Crippen molar-refractivity contribution in [1.29, 1.82) is 5.26 Å². The van der Waals surface area contributed by atoms with Gasteiger partial charge in [0.1, 0.15) is 41.1 Å². The summed E-state index contributed by atoms with van der Waals surface area (Å²) in [6, 6.07) is 15.8. The van der Waals surface area contributed by atoms with Crippen LogP contribution in [0.5, 0.6) is 5.75 Å². The molecule has 1 spiro atoms. The quantitative estimate of drug-likeness (QED) is 0.140. The molecular formula is C50H53ClN10O3S. The van der Waals surface area contributed by atoms with Gasteiger partial charge in [-0.25, -0.2) is 15.0 Å². The molecular weight excluding hydrogens is 856 g/mol. The molecule has 4 aromatic heterocycles. The van der Waals surface area contributed by atoms with Crippen LogP contribution < -0.4 is 15.0 Å². The molecule has 2 saturated carbocycles. The van der Waals surface area contributed by atoms with Gasteiger partial charge in [0, 0.05) is 64.4 Å². The molecule has 2 aromatic carbocycles. The van der Waals surface area contributed by atoms with Gasteiger partial charge in [0.2, 0.25) is 5.95 Å². The fourth-order valence-electron chi connectivity index (χ4n) is 11.5. The molecule has 6 heterocycles. The number of ether oxygens (including phenoxy) is 1. The van der Waals surface area contributed by atoms with Crippen molar-refractivity contribution in [3.63, 3.8) is 0 Å². The van der Waals surface area contributed by atoms with Crippen molar-refractivity contribution in [2.24, 2.45) is 27.2 Å². The third kappa shape index (κ3) is 7.60. The number of nitrogens with one attached hydrogen (secondary N) is 1. The molecule has 0 unspecified atom stereocenters. The number of aromatic nitrogens is 6. The summed E-state index contributed by atoms with van der Waals surface area (Å²) in [5.74, 6) is 3.99. The number of hydrogen-bond donors (Lipinski definition) is 1. The summed E-state index contributed by atoms with van der Waals surface area (Å²) in [6.45, 7) is 16.5. The predicted octanol–water partition coefficient (Wildman–Crippen LogP) is 9.54. The Morgan fingerprint density at radius 1 is 0.985 bits per heavy atom. The van der Waals surface area contributed by atoms with E-state index in [4.69, 9.17) is 25.7 Å². The van der Waals surface area contributed by atoms with Crippen LogP contribution in [0.3, 0.4) is 0 Å². The molecule has 6 aromatic rings. The molecule has 2 aliphatic heterocycles. The highest BCUT2D eigenvalue weighted by atomic mass is 35.5. The first-order chi connectivity index (χ1) is 31.1. The van der Waals surface area contributed by atoms with Gasteiger partial charge in [-0.05, 0) is 87.5 Å². The molecule has 1 saturated heterocycles. The van der Waals surface area contributed by atoms with E-state index >= 15 is 0 Å². The number of benzene rings is 2. The smallest absolute Gasteiger partial charge is 0.254 e. The number of thiophene rings is 1. The Kier molecular flexibility index (Phi) is 10.7. The number of nitrogens with zero attached hydrogens (tertiary/aromatic N) is 9. The molecule has 0 bridgehead atoms. The van der Waals surface area contributed by atoms with Crippen LogP contribution in [-0.4, -0.2) is 66.6 Å². The molecule has 1 amide bonds. The molecule has 4 aliphatic rings. The zero-order valence-electron chi connectivity index (χ0n) is 37.9. The number of carbonyl (C=O) groups is 1. The highest BCUT2D eigenvalue weighted by molar-refractivity contribution is 7.15. The number of rotatable bonds is 10. The Labute approximate surface area is 388 Å². The summed E-state index contributed by atoms with van der Waals surface area (Å²) in [7, 11) is 0. The van der Waals surface area contributed by atoms with Crippen LogP contribution >= 0.6 is 22.9 Å². The van der Waals surface area contributed by atoms with Crippen molar-refractivity contribution in [1.82, 2.24) is 35.0 Å². The number of aliphatic imine (C=N–C) groups is 1. The van der Waals surface area contributed by atoms with E-state index in [0.29, 0.717) is 51.5 Å². The fraction of sp³-hybridized carbons (Fsp3) is 0.440. The van der Waals surface area contributed by atoms with Crippen LogP contribution in [0.2, 0.25) is 5.02 Å². The average molecular weight is 910 g/mol. The topological polar surface area (TPSA) is 160 Å². The van der Waals surface area contributed by atoms with E-state index in [1.54, 1.807) is 54.4 Å². The lowest BCUT2D eigenvalue weighted by Crippen LogP contribution is -2.74. The van der Waals surface area contributed by atoms with Crippen LogP contribution in [0.15, 0.2) is 76.7 Å².